The first-order valence-electron chi connectivity index (χ1n) is 32.1. The largest absolute Gasteiger partial charge is 0.457 e. The summed E-state index contributed by atoms with van der Waals surface area (Å²) in [5, 5.41) is 10.3. The number of anilines is 3. The predicted octanol–water partition coefficient (Wildman–Crippen LogP) is 10.3. The second-order valence-electron chi connectivity index (χ2n) is 23.5. The van der Waals surface area contributed by atoms with Gasteiger partial charge in [-0.1, -0.05) is 73.7 Å². The highest BCUT2D eigenvalue weighted by Crippen LogP contribution is 2.37. The zero-order valence-electron chi connectivity index (χ0n) is 54.2. The van der Waals surface area contributed by atoms with Gasteiger partial charge in [0.25, 0.3) is 11.8 Å². The number of nitrogens with zero attached hydrogens (tertiary/aromatic N) is 13. The van der Waals surface area contributed by atoms with Gasteiger partial charge in [-0.2, -0.15) is 10.2 Å². The van der Waals surface area contributed by atoms with Crippen LogP contribution in [0.1, 0.15) is 67.5 Å². The molecule has 3 atom stereocenters. The van der Waals surface area contributed by atoms with E-state index >= 15 is 0 Å². The standard InChI is InChI=1S/C25H22N6O3.C25H24N6O2.C24H25N5O3/c1-2-6-21(32)29-14-13-18(15-29)31-24-22(23(26)27-16-28-24)30(25(31)33)17-9-11-20(12-10-17)34-19-7-4-3-5-8-19;1-2-21(32)30-14-6-7-18(15-30)31-25-22(24(26)27-16-28-25)23(29-31)17-10-12-20(13-11-17)33-19-8-4-3-5-9-19;1-2-20(30)28-14-6-7-17(15-28)29-23(25)21(24(26)31)22(27-29)16-10-12-19(13-11-16)32-18-8-4-3-5-9-18/h3-5,7-12,16,18H,13-15H2,1H3,(H2,26,27,28);2-5,8-13,16,18H,1,6-7,14-15H2,(H2,26,27,28);2-5,8-13,17H,1,6-7,14-15,25H2,(H2,26,31)/t2*18-;/m11./s1. The Morgan fingerprint density at radius 1 is 0.525 bits per heavy atom. The first-order valence-corrected chi connectivity index (χ1v) is 32.1. The second-order valence-corrected chi connectivity index (χ2v) is 23.5. The van der Waals surface area contributed by atoms with Crippen molar-refractivity contribution < 1.29 is 33.4 Å². The highest BCUT2D eigenvalue weighted by atomic mass is 16.5. The van der Waals surface area contributed by atoms with Gasteiger partial charge in [0, 0.05) is 50.4 Å². The van der Waals surface area contributed by atoms with Gasteiger partial charge >= 0.3 is 5.69 Å². The minimum Gasteiger partial charge on any atom is -0.457 e. The minimum absolute atomic E-state index is 0.00566. The number of primary amides is 1. The molecule has 0 bridgehead atoms. The summed E-state index contributed by atoms with van der Waals surface area (Å²) in [7, 11) is 0. The van der Waals surface area contributed by atoms with Crippen LogP contribution in [0.25, 0.3) is 50.4 Å². The summed E-state index contributed by atoms with van der Waals surface area (Å²) in [6.07, 6.45) is 9.43. The van der Waals surface area contributed by atoms with Gasteiger partial charge in [0.15, 0.2) is 17.1 Å². The number of para-hydroxylation sites is 3. The highest BCUT2D eigenvalue weighted by molar-refractivity contribution is 6.03. The summed E-state index contributed by atoms with van der Waals surface area (Å²) in [6.45, 7) is 12.0. The van der Waals surface area contributed by atoms with E-state index in [2.05, 4.69) is 50.0 Å². The Bertz CT molecular complexity index is 4890. The van der Waals surface area contributed by atoms with Gasteiger partial charge in [0.1, 0.15) is 81.3 Å². The van der Waals surface area contributed by atoms with Crippen molar-refractivity contribution in [1.82, 2.24) is 63.3 Å². The molecule has 25 nitrogen and oxygen atoms in total. The maximum Gasteiger partial charge on any atom is 0.335 e. The second kappa shape index (κ2) is 29.8. The van der Waals surface area contributed by atoms with Crippen LogP contribution in [0.5, 0.6) is 34.5 Å². The third-order valence-electron chi connectivity index (χ3n) is 17.2. The summed E-state index contributed by atoms with van der Waals surface area (Å²) in [4.78, 5) is 84.6. The number of nitrogens with two attached hydrogens (primary N) is 4. The number of rotatable bonds is 15. The maximum atomic E-state index is 13.6. The molecule has 3 aliphatic rings. The number of carbonyl (C=O) groups excluding carboxylic acids is 4. The summed E-state index contributed by atoms with van der Waals surface area (Å²) < 4.78 is 24.2. The smallest absolute Gasteiger partial charge is 0.335 e. The number of amides is 4. The van der Waals surface area contributed by atoms with E-state index in [1.54, 1.807) is 67.3 Å². The molecule has 5 aromatic heterocycles. The van der Waals surface area contributed by atoms with Crippen LogP contribution in [0.3, 0.4) is 0 Å². The molecule has 0 radical (unpaired) electrons. The molecule has 500 valence electrons. The fourth-order valence-corrected chi connectivity index (χ4v) is 12.4. The Balaban J connectivity index is 0.000000141. The fraction of sp³-hybridized carbons (Fsp3) is 0.203. The summed E-state index contributed by atoms with van der Waals surface area (Å²) in [5.74, 6) is 9.10. The van der Waals surface area contributed by atoms with Gasteiger partial charge in [-0.15, -0.1) is 0 Å². The number of fused-ring (bicyclic) bond motifs is 2. The minimum atomic E-state index is -0.650. The molecule has 6 aromatic carbocycles. The van der Waals surface area contributed by atoms with Crippen molar-refractivity contribution in [3.8, 4) is 74.5 Å². The van der Waals surface area contributed by atoms with E-state index in [1.165, 1.54) is 29.4 Å². The molecule has 3 saturated heterocycles. The molecule has 1 unspecified atom stereocenters. The molecule has 8 heterocycles. The van der Waals surface area contributed by atoms with E-state index in [-0.39, 0.29) is 58.7 Å². The molecule has 11 aromatic rings. The molecule has 0 aliphatic carbocycles. The van der Waals surface area contributed by atoms with Crippen molar-refractivity contribution in [2.45, 2.75) is 57.2 Å². The number of benzene rings is 6. The van der Waals surface area contributed by atoms with E-state index in [0.29, 0.717) is 108 Å². The summed E-state index contributed by atoms with van der Waals surface area (Å²) >= 11 is 0. The number of imidazole rings is 1. The van der Waals surface area contributed by atoms with E-state index in [0.717, 1.165) is 54.2 Å². The van der Waals surface area contributed by atoms with E-state index < -0.39 is 5.91 Å². The Morgan fingerprint density at radius 3 is 1.48 bits per heavy atom. The number of carbonyl (C=O) groups is 4. The zero-order valence-corrected chi connectivity index (χ0v) is 54.2. The maximum absolute atomic E-state index is 13.6. The molecule has 99 heavy (non-hydrogen) atoms. The van der Waals surface area contributed by atoms with Gasteiger partial charge in [0.05, 0.1) is 29.2 Å². The summed E-state index contributed by atoms with van der Waals surface area (Å²) in [6, 6.07) is 50.2. The first-order chi connectivity index (χ1) is 48.2. The van der Waals surface area contributed by atoms with Crippen molar-refractivity contribution in [2.24, 2.45) is 5.73 Å². The lowest BCUT2D eigenvalue weighted by atomic mass is 10.1. The van der Waals surface area contributed by atoms with Crippen molar-refractivity contribution in [3.63, 3.8) is 0 Å². The Kier molecular flexibility index (Phi) is 19.9. The fourth-order valence-electron chi connectivity index (χ4n) is 12.4. The third-order valence-corrected chi connectivity index (χ3v) is 17.2. The number of nitrogen functional groups attached to an aromatic ring is 3. The first kappa shape index (κ1) is 66.2. The lowest BCUT2D eigenvalue weighted by molar-refractivity contribution is -0.128. The lowest BCUT2D eigenvalue weighted by Crippen LogP contribution is -2.40. The van der Waals surface area contributed by atoms with Crippen LogP contribution in [0.2, 0.25) is 0 Å². The number of likely N-dealkylation sites (tertiary alicyclic amines) is 3. The molecule has 8 N–H and O–H groups in total. The van der Waals surface area contributed by atoms with Crippen LogP contribution in [0.15, 0.2) is 207 Å². The van der Waals surface area contributed by atoms with Crippen LogP contribution < -0.4 is 42.8 Å². The molecule has 3 aliphatic heterocycles. The number of piperidine rings is 2. The molecule has 14 rings (SSSR count). The topological polar surface area (TPSA) is 324 Å². The van der Waals surface area contributed by atoms with Crippen molar-refractivity contribution in [1.29, 1.82) is 0 Å². The van der Waals surface area contributed by atoms with Crippen molar-refractivity contribution in [3.05, 3.63) is 218 Å². The summed E-state index contributed by atoms with van der Waals surface area (Å²) in [5.41, 5.74) is 29.1. The third kappa shape index (κ3) is 14.6. The van der Waals surface area contributed by atoms with E-state index in [1.807, 2.05) is 132 Å². The van der Waals surface area contributed by atoms with Crippen LogP contribution in [-0.2, 0) is 14.4 Å². The quantitative estimate of drug-likeness (QED) is 0.0547. The SMILES string of the molecule is C=CC(=O)N1CCCC(n2nc(-c3ccc(Oc4ccccc4)cc3)c(C(N)=O)c2N)C1.C=CC(=O)N1CCC[C@@H](n2nc(-c3ccc(Oc4ccccc4)cc3)c3c(N)ncnc32)C1.CC#CC(=O)N1CC[C@@H](n2c(=O)n(-c3ccc(Oc4ccccc4)cc3)c3c(N)ncnc32)C1. The zero-order chi connectivity index (χ0) is 69.1. The van der Waals surface area contributed by atoms with E-state index in [4.69, 9.17) is 42.2 Å². The molecule has 4 amide bonds. The van der Waals surface area contributed by atoms with Crippen LogP contribution >= 0.6 is 0 Å². The Labute approximate surface area is 569 Å². The van der Waals surface area contributed by atoms with Gasteiger partial charge in [-0.25, -0.2) is 34.1 Å². The number of ether oxygens (including phenoxy) is 3. The van der Waals surface area contributed by atoms with Gasteiger partial charge in [-0.3, -0.25) is 28.3 Å². The molecule has 0 spiro atoms. The number of aromatic nitrogens is 10. The highest BCUT2D eigenvalue weighted by Gasteiger charge is 2.34. The van der Waals surface area contributed by atoms with E-state index in [9.17, 15) is 24.0 Å². The predicted molar refractivity (Wildman–Crippen MR) is 377 cm³/mol. The normalized spacial score (nSPS) is 15.7. The monoisotopic (exact) mass is 1330 g/mol. The molecular weight excluding hydrogens is 1250 g/mol. The Hall–Kier alpha value is -12.9. The van der Waals surface area contributed by atoms with Crippen LogP contribution in [0, 0.1) is 11.8 Å². The molecule has 0 saturated carbocycles. The molecule has 3 fully saturated rings. The average molecular weight is 1330 g/mol. The number of hydrogen-bond donors (Lipinski definition) is 4. The van der Waals surface area contributed by atoms with Crippen molar-refractivity contribution in [2.75, 3.05) is 56.5 Å². The van der Waals surface area contributed by atoms with Crippen molar-refractivity contribution >= 4 is 63.3 Å². The average Bonchev–Trinajstić information content (AvgIpc) is 1.60. The molecule has 25 heteroatoms. The van der Waals surface area contributed by atoms with Gasteiger partial charge < -0.3 is 51.8 Å². The number of hydrogen-bond acceptors (Lipinski definition) is 17. The van der Waals surface area contributed by atoms with Crippen LogP contribution in [-0.4, -0.2) is 126 Å². The lowest BCUT2D eigenvalue weighted by Gasteiger charge is -2.32. The van der Waals surface area contributed by atoms with Gasteiger partial charge in [0.2, 0.25) is 11.8 Å². The molecular formula is C74H71N17O8. The Morgan fingerprint density at radius 2 is 0.980 bits per heavy atom. The van der Waals surface area contributed by atoms with Crippen LogP contribution in [0.4, 0.5) is 17.5 Å². The van der Waals surface area contributed by atoms with Gasteiger partial charge in [-0.05, 0) is 166 Å².